The van der Waals surface area contributed by atoms with Crippen LogP contribution < -0.4 is 10.1 Å². The predicted octanol–water partition coefficient (Wildman–Crippen LogP) is 3.56. The number of carbonyl (C=O) groups is 1. The minimum atomic E-state index is -3.19. The molecule has 0 unspecified atom stereocenters. The lowest BCUT2D eigenvalue weighted by molar-refractivity contribution is -0.120. The number of benzene rings is 1. The van der Waals surface area contributed by atoms with Gasteiger partial charge in [-0.25, -0.2) is 12.7 Å². The standard InChI is InChI=1S/C20H32N2O4S/c1-4-6-14-27(24,25)22-11-9-17(10-12-22)20(23)21-18-8-7-16(3)15-19(18)26-13-5-2/h7-8,15,17H,4-6,9-14H2,1-3H3,(H,21,23). The van der Waals surface area contributed by atoms with Crippen molar-refractivity contribution in [3.05, 3.63) is 23.8 Å². The summed E-state index contributed by atoms with van der Waals surface area (Å²) in [6, 6.07) is 5.73. The fourth-order valence-electron chi connectivity index (χ4n) is 3.15. The average molecular weight is 397 g/mol. The summed E-state index contributed by atoms with van der Waals surface area (Å²) in [6.45, 7) is 7.43. The van der Waals surface area contributed by atoms with Gasteiger partial charge in [0.1, 0.15) is 5.75 Å². The number of ether oxygens (including phenoxy) is 1. The van der Waals surface area contributed by atoms with Gasteiger partial charge < -0.3 is 10.1 Å². The Kier molecular flexibility index (Phi) is 8.10. The maximum absolute atomic E-state index is 12.7. The van der Waals surface area contributed by atoms with Crippen LogP contribution in [0.5, 0.6) is 5.75 Å². The number of unbranched alkanes of at least 4 members (excludes halogenated alkanes) is 1. The first kappa shape index (κ1) is 21.7. The first-order valence-electron chi connectivity index (χ1n) is 9.89. The van der Waals surface area contributed by atoms with Crippen molar-refractivity contribution in [1.82, 2.24) is 4.31 Å². The van der Waals surface area contributed by atoms with Gasteiger partial charge in [-0.15, -0.1) is 0 Å². The summed E-state index contributed by atoms with van der Waals surface area (Å²) < 4.78 is 31.9. The summed E-state index contributed by atoms with van der Waals surface area (Å²) in [7, 11) is -3.19. The summed E-state index contributed by atoms with van der Waals surface area (Å²) in [5.41, 5.74) is 1.75. The molecule has 2 rings (SSSR count). The van der Waals surface area contributed by atoms with Crippen molar-refractivity contribution < 1.29 is 17.9 Å². The number of piperidine rings is 1. The zero-order chi connectivity index (χ0) is 19.9. The Morgan fingerprint density at radius 1 is 1.22 bits per heavy atom. The summed E-state index contributed by atoms with van der Waals surface area (Å²) >= 11 is 0. The molecule has 1 amide bonds. The number of aryl methyl sites for hydroxylation is 1. The number of anilines is 1. The van der Waals surface area contributed by atoms with Crippen LogP contribution in [0.4, 0.5) is 5.69 Å². The fourth-order valence-corrected chi connectivity index (χ4v) is 4.83. The lowest BCUT2D eigenvalue weighted by Crippen LogP contribution is -2.42. The number of carbonyl (C=O) groups excluding carboxylic acids is 1. The van der Waals surface area contributed by atoms with Crippen LogP contribution in [0.1, 0.15) is 51.5 Å². The van der Waals surface area contributed by atoms with Crippen LogP contribution in [0.25, 0.3) is 0 Å². The number of nitrogens with zero attached hydrogens (tertiary/aromatic N) is 1. The maximum Gasteiger partial charge on any atom is 0.227 e. The van der Waals surface area contributed by atoms with Crippen molar-refractivity contribution in [2.75, 3.05) is 30.8 Å². The van der Waals surface area contributed by atoms with Crippen LogP contribution in [-0.2, 0) is 14.8 Å². The summed E-state index contributed by atoms with van der Waals surface area (Å²) in [5.74, 6) is 0.639. The zero-order valence-corrected chi connectivity index (χ0v) is 17.5. The molecule has 27 heavy (non-hydrogen) atoms. The predicted molar refractivity (Wildman–Crippen MR) is 109 cm³/mol. The molecule has 7 heteroatoms. The SMILES string of the molecule is CCCCS(=O)(=O)N1CCC(C(=O)Nc2ccc(C)cc2OCCC)CC1. The third-order valence-electron chi connectivity index (χ3n) is 4.83. The smallest absolute Gasteiger partial charge is 0.227 e. The molecule has 0 atom stereocenters. The first-order valence-corrected chi connectivity index (χ1v) is 11.5. The van der Waals surface area contributed by atoms with Gasteiger partial charge in [0.25, 0.3) is 0 Å². The second kappa shape index (κ2) is 10.1. The Balaban J connectivity index is 1.95. The van der Waals surface area contributed by atoms with E-state index in [4.69, 9.17) is 4.74 Å². The van der Waals surface area contributed by atoms with Crippen LogP contribution >= 0.6 is 0 Å². The van der Waals surface area contributed by atoms with E-state index in [-0.39, 0.29) is 17.6 Å². The molecule has 1 aromatic carbocycles. The molecule has 1 aromatic rings. The van der Waals surface area contributed by atoms with Crippen LogP contribution in [0.3, 0.4) is 0 Å². The van der Waals surface area contributed by atoms with Crippen molar-refractivity contribution in [3.63, 3.8) is 0 Å². The third kappa shape index (κ3) is 6.21. The van der Waals surface area contributed by atoms with Gasteiger partial charge in [-0.05, 0) is 50.3 Å². The fraction of sp³-hybridized carbons (Fsp3) is 0.650. The Morgan fingerprint density at radius 3 is 2.56 bits per heavy atom. The lowest BCUT2D eigenvalue weighted by Gasteiger charge is -2.30. The Labute approximate surface area is 163 Å². The van der Waals surface area contributed by atoms with Gasteiger partial charge in [-0.2, -0.15) is 0 Å². The third-order valence-corrected chi connectivity index (χ3v) is 6.79. The van der Waals surface area contributed by atoms with Gasteiger partial charge >= 0.3 is 0 Å². The lowest BCUT2D eigenvalue weighted by atomic mass is 9.97. The van der Waals surface area contributed by atoms with E-state index >= 15 is 0 Å². The van der Waals surface area contributed by atoms with E-state index in [0.29, 0.717) is 50.4 Å². The van der Waals surface area contributed by atoms with Crippen LogP contribution in [0.2, 0.25) is 0 Å². The van der Waals surface area contributed by atoms with E-state index in [9.17, 15) is 13.2 Å². The quantitative estimate of drug-likeness (QED) is 0.692. The molecule has 0 saturated carbocycles. The zero-order valence-electron chi connectivity index (χ0n) is 16.7. The molecule has 1 N–H and O–H groups in total. The summed E-state index contributed by atoms with van der Waals surface area (Å²) in [4.78, 5) is 12.7. The highest BCUT2D eigenvalue weighted by atomic mass is 32.2. The van der Waals surface area contributed by atoms with Gasteiger partial charge in [0, 0.05) is 19.0 Å². The number of rotatable bonds is 9. The molecule has 152 valence electrons. The van der Waals surface area contributed by atoms with E-state index in [2.05, 4.69) is 5.32 Å². The Bertz CT molecular complexity index is 725. The topological polar surface area (TPSA) is 75.7 Å². The number of hydrogen-bond acceptors (Lipinski definition) is 4. The maximum atomic E-state index is 12.7. The van der Waals surface area contributed by atoms with Crippen molar-refractivity contribution in [1.29, 1.82) is 0 Å². The molecule has 0 aromatic heterocycles. The van der Waals surface area contributed by atoms with E-state index < -0.39 is 10.0 Å². The van der Waals surface area contributed by atoms with Crippen LogP contribution in [-0.4, -0.2) is 44.1 Å². The highest BCUT2D eigenvalue weighted by Gasteiger charge is 2.31. The molecule has 0 spiro atoms. The molecule has 1 saturated heterocycles. The van der Waals surface area contributed by atoms with Gasteiger partial charge in [0.05, 0.1) is 18.0 Å². The Morgan fingerprint density at radius 2 is 1.93 bits per heavy atom. The van der Waals surface area contributed by atoms with E-state index in [1.54, 1.807) is 0 Å². The van der Waals surface area contributed by atoms with Gasteiger partial charge in [-0.3, -0.25) is 4.79 Å². The van der Waals surface area contributed by atoms with Crippen molar-refractivity contribution in [2.24, 2.45) is 5.92 Å². The number of amides is 1. The van der Waals surface area contributed by atoms with Crippen LogP contribution in [0, 0.1) is 12.8 Å². The largest absolute Gasteiger partial charge is 0.491 e. The highest BCUT2D eigenvalue weighted by Crippen LogP contribution is 2.28. The van der Waals surface area contributed by atoms with E-state index in [1.807, 2.05) is 39.0 Å². The van der Waals surface area contributed by atoms with Crippen LogP contribution in [0.15, 0.2) is 18.2 Å². The molecule has 1 aliphatic heterocycles. The normalized spacial score (nSPS) is 16.3. The summed E-state index contributed by atoms with van der Waals surface area (Å²) in [5, 5.41) is 2.97. The monoisotopic (exact) mass is 396 g/mol. The van der Waals surface area contributed by atoms with Gasteiger partial charge in [-0.1, -0.05) is 26.3 Å². The average Bonchev–Trinajstić information content (AvgIpc) is 2.66. The highest BCUT2D eigenvalue weighted by molar-refractivity contribution is 7.89. The summed E-state index contributed by atoms with van der Waals surface area (Å²) in [6.07, 6.45) is 3.53. The van der Waals surface area contributed by atoms with E-state index in [0.717, 1.165) is 18.4 Å². The second-order valence-corrected chi connectivity index (χ2v) is 9.27. The molecule has 1 aliphatic rings. The van der Waals surface area contributed by atoms with Gasteiger partial charge in [0.2, 0.25) is 15.9 Å². The molecule has 0 bridgehead atoms. The van der Waals surface area contributed by atoms with Crippen molar-refractivity contribution >= 4 is 21.6 Å². The van der Waals surface area contributed by atoms with E-state index in [1.165, 1.54) is 4.31 Å². The molecule has 0 aliphatic carbocycles. The van der Waals surface area contributed by atoms with Gasteiger partial charge in [0.15, 0.2) is 0 Å². The first-order chi connectivity index (χ1) is 12.9. The van der Waals surface area contributed by atoms with Crippen molar-refractivity contribution in [3.8, 4) is 5.75 Å². The molecule has 6 nitrogen and oxygen atoms in total. The Hall–Kier alpha value is -1.60. The van der Waals surface area contributed by atoms with Crippen molar-refractivity contribution in [2.45, 2.75) is 52.9 Å². The second-order valence-electron chi connectivity index (χ2n) is 7.18. The molecule has 1 fully saturated rings. The number of nitrogens with one attached hydrogen (secondary N) is 1. The minimum absolute atomic E-state index is 0.0641. The molecular formula is C20H32N2O4S. The molecule has 1 heterocycles. The molecular weight excluding hydrogens is 364 g/mol. The minimum Gasteiger partial charge on any atom is -0.491 e. The molecule has 0 radical (unpaired) electrons. The number of sulfonamides is 1. The number of hydrogen-bond donors (Lipinski definition) is 1.